The van der Waals surface area contributed by atoms with Gasteiger partial charge in [0.05, 0.1) is 22.5 Å². The van der Waals surface area contributed by atoms with E-state index >= 15 is 0 Å². The van der Waals surface area contributed by atoms with Gasteiger partial charge in [0.25, 0.3) is 5.91 Å². The quantitative estimate of drug-likeness (QED) is 0.479. The maximum absolute atomic E-state index is 12.8. The van der Waals surface area contributed by atoms with Gasteiger partial charge in [-0.3, -0.25) is 9.78 Å². The third kappa shape index (κ3) is 4.11. The molecule has 1 saturated carbocycles. The van der Waals surface area contributed by atoms with Gasteiger partial charge in [0.2, 0.25) is 10.0 Å². The highest BCUT2D eigenvalue weighted by atomic mass is 32.2. The molecule has 34 heavy (non-hydrogen) atoms. The summed E-state index contributed by atoms with van der Waals surface area (Å²) in [5.74, 6) is -0.757. The lowest BCUT2D eigenvalue weighted by Gasteiger charge is -2.30. The molecular formula is C22H23F3N4O4S. The fourth-order valence-electron chi connectivity index (χ4n) is 4.02. The number of primary amides is 1. The lowest BCUT2D eigenvalue weighted by molar-refractivity contribution is -0.147. The summed E-state index contributed by atoms with van der Waals surface area (Å²) in [6, 6.07) is 3.44. The number of sulfonamides is 1. The molecule has 1 aromatic carbocycles. The van der Waals surface area contributed by atoms with Crippen LogP contribution in [0.1, 0.15) is 48.1 Å². The topological polar surface area (TPSA) is 127 Å². The number of rotatable bonds is 6. The molecule has 1 aliphatic rings. The number of fused-ring (bicyclic) bond motifs is 1. The van der Waals surface area contributed by atoms with Crippen molar-refractivity contribution in [3.63, 3.8) is 0 Å². The van der Waals surface area contributed by atoms with E-state index in [4.69, 9.17) is 5.73 Å². The standard InChI is InChI=1S/C22H23F3N4O4S/c1-11-8-17-15(9-18(11)30)19(21(26)31)20(29(17)13-4-3-5-13)16-7-6-14(10-27-16)34(32,33)28-12(2)22(23,24)25/h6-10,12-13,28,30H,3-5H2,1-2H3,(H2,26,31)/t12-/m0/s1. The number of hydrogen-bond donors (Lipinski definition) is 3. The highest BCUT2D eigenvalue weighted by Crippen LogP contribution is 2.43. The van der Waals surface area contributed by atoms with Crippen LogP contribution in [0.4, 0.5) is 13.2 Å². The molecule has 0 unspecified atom stereocenters. The van der Waals surface area contributed by atoms with E-state index in [1.54, 1.807) is 17.7 Å². The van der Waals surface area contributed by atoms with E-state index in [9.17, 15) is 31.5 Å². The van der Waals surface area contributed by atoms with Gasteiger partial charge in [-0.2, -0.15) is 17.9 Å². The number of aryl methyl sites for hydroxylation is 1. The number of nitrogens with zero attached hydrogens (tertiary/aromatic N) is 2. The van der Waals surface area contributed by atoms with Crippen molar-refractivity contribution in [2.24, 2.45) is 5.73 Å². The van der Waals surface area contributed by atoms with Crippen LogP contribution in [0.25, 0.3) is 22.3 Å². The maximum atomic E-state index is 12.8. The largest absolute Gasteiger partial charge is 0.508 e. The number of aromatic nitrogens is 2. The zero-order valence-corrected chi connectivity index (χ0v) is 19.2. The van der Waals surface area contributed by atoms with Gasteiger partial charge >= 0.3 is 6.18 Å². The molecular weight excluding hydrogens is 473 g/mol. The number of amides is 1. The summed E-state index contributed by atoms with van der Waals surface area (Å²) in [5.41, 5.74) is 7.72. The summed E-state index contributed by atoms with van der Waals surface area (Å²) < 4.78 is 66.7. The number of hydrogen-bond acceptors (Lipinski definition) is 5. The Balaban J connectivity index is 1.86. The average Bonchev–Trinajstić information content (AvgIpc) is 3.00. The summed E-state index contributed by atoms with van der Waals surface area (Å²) in [4.78, 5) is 16.2. The fraction of sp³-hybridized carbons (Fsp3) is 0.364. The summed E-state index contributed by atoms with van der Waals surface area (Å²) >= 11 is 0. The monoisotopic (exact) mass is 496 g/mol. The van der Waals surface area contributed by atoms with Gasteiger partial charge in [0.15, 0.2) is 0 Å². The molecule has 0 saturated heterocycles. The number of nitrogens with one attached hydrogen (secondary N) is 1. The molecule has 2 aromatic heterocycles. The number of nitrogens with two attached hydrogens (primary N) is 1. The first kappa shape index (κ1) is 24.0. The first-order valence-electron chi connectivity index (χ1n) is 10.5. The van der Waals surface area contributed by atoms with Crippen molar-refractivity contribution in [2.75, 3.05) is 0 Å². The number of aromatic hydroxyl groups is 1. The normalized spacial score (nSPS) is 15.9. The van der Waals surface area contributed by atoms with E-state index in [-0.39, 0.29) is 23.0 Å². The number of alkyl halides is 3. The van der Waals surface area contributed by atoms with Gasteiger partial charge < -0.3 is 15.4 Å². The van der Waals surface area contributed by atoms with E-state index in [0.29, 0.717) is 29.1 Å². The van der Waals surface area contributed by atoms with Crippen molar-refractivity contribution in [1.82, 2.24) is 14.3 Å². The van der Waals surface area contributed by atoms with Crippen molar-refractivity contribution < 1.29 is 31.5 Å². The predicted octanol–water partition coefficient (Wildman–Crippen LogP) is 3.77. The smallest absolute Gasteiger partial charge is 0.404 e. The van der Waals surface area contributed by atoms with Crippen LogP contribution in [0.5, 0.6) is 5.75 Å². The molecule has 4 N–H and O–H groups in total. The van der Waals surface area contributed by atoms with Crippen molar-refractivity contribution in [3.05, 3.63) is 41.6 Å². The predicted molar refractivity (Wildman–Crippen MR) is 119 cm³/mol. The summed E-state index contributed by atoms with van der Waals surface area (Å²) in [7, 11) is -4.49. The number of benzene rings is 1. The number of halogens is 3. The lowest BCUT2D eigenvalue weighted by Crippen LogP contribution is -2.42. The van der Waals surface area contributed by atoms with Gasteiger partial charge in [0.1, 0.15) is 16.7 Å². The van der Waals surface area contributed by atoms with Crippen LogP contribution < -0.4 is 10.5 Å². The van der Waals surface area contributed by atoms with E-state index in [2.05, 4.69) is 4.98 Å². The number of phenols is 1. The second-order valence-electron chi connectivity index (χ2n) is 8.46. The molecule has 2 heterocycles. The number of pyridine rings is 1. The van der Waals surface area contributed by atoms with Gasteiger partial charge in [0, 0.05) is 17.6 Å². The Morgan fingerprint density at radius 2 is 1.97 bits per heavy atom. The molecule has 0 spiro atoms. The van der Waals surface area contributed by atoms with Crippen LogP contribution >= 0.6 is 0 Å². The van der Waals surface area contributed by atoms with Crippen LogP contribution in [-0.4, -0.2) is 41.2 Å². The minimum Gasteiger partial charge on any atom is -0.508 e. The highest BCUT2D eigenvalue weighted by molar-refractivity contribution is 7.89. The molecule has 12 heteroatoms. The van der Waals surface area contributed by atoms with Crippen molar-refractivity contribution in [3.8, 4) is 17.1 Å². The SMILES string of the molecule is Cc1cc2c(cc1O)c(C(N)=O)c(-c1ccc(S(=O)(=O)N[C@@H](C)C(F)(F)F)cn1)n2C1CCC1. The maximum Gasteiger partial charge on any atom is 0.404 e. The molecule has 1 fully saturated rings. The van der Waals surface area contributed by atoms with Crippen LogP contribution in [0, 0.1) is 6.92 Å². The lowest BCUT2D eigenvalue weighted by atomic mass is 9.92. The summed E-state index contributed by atoms with van der Waals surface area (Å²) in [6.07, 6.45) is -1.12. The zero-order valence-electron chi connectivity index (χ0n) is 18.3. The van der Waals surface area contributed by atoms with Crippen LogP contribution in [-0.2, 0) is 10.0 Å². The van der Waals surface area contributed by atoms with Gasteiger partial charge in [-0.25, -0.2) is 8.42 Å². The minimum absolute atomic E-state index is 0.00781. The molecule has 1 amide bonds. The molecule has 0 bridgehead atoms. The Bertz CT molecular complexity index is 1380. The summed E-state index contributed by atoms with van der Waals surface area (Å²) in [5, 5.41) is 10.7. The first-order chi connectivity index (χ1) is 15.8. The van der Waals surface area contributed by atoms with Gasteiger partial charge in [-0.05, 0) is 62.9 Å². The Labute approximate surface area is 193 Å². The van der Waals surface area contributed by atoms with E-state index in [0.717, 1.165) is 31.5 Å². The van der Waals surface area contributed by atoms with Gasteiger partial charge in [-0.1, -0.05) is 0 Å². The van der Waals surface area contributed by atoms with E-state index in [1.165, 1.54) is 12.1 Å². The van der Waals surface area contributed by atoms with E-state index in [1.807, 2.05) is 4.57 Å². The number of carbonyl (C=O) groups excluding carboxylic acids is 1. The Kier molecular flexibility index (Phi) is 5.85. The molecule has 0 radical (unpaired) electrons. The molecule has 1 atom stereocenters. The average molecular weight is 497 g/mol. The highest BCUT2D eigenvalue weighted by Gasteiger charge is 2.39. The Hall–Kier alpha value is -3.12. The number of phenolic OH excluding ortho intramolecular Hbond substituents is 1. The van der Waals surface area contributed by atoms with Crippen LogP contribution in [0.3, 0.4) is 0 Å². The van der Waals surface area contributed by atoms with Crippen molar-refractivity contribution in [2.45, 2.75) is 56.3 Å². The van der Waals surface area contributed by atoms with Crippen molar-refractivity contribution >= 4 is 26.8 Å². The summed E-state index contributed by atoms with van der Waals surface area (Å²) in [6.45, 7) is 2.43. The Morgan fingerprint density at radius 1 is 1.29 bits per heavy atom. The molecule has 0 aliphatic heterocycles. The van der Waals surface area contributed by atoms with E-state index < -0.39 is 33.0 Å². The van der Waals surface area contributed by atoms with Crippen molar-refractivity contribution in [1.29, 1.82) is 0 Å². The van der Waals surface area contributed by atoms with Crippen LogP contribution in [0.2, 0.25) is 0 Å². The molecule has 8 nitrogen and oxygen atoms in total. The molecule has 3 aromatic rings. The Morgan fingerprint density at radius 3 is 2.47 bits per heavy atom. The van der Waals surface area contributed by atoms with Gasteiger partial charge in [-0.15, -0.1) is 0 Å². The second-order valence-corrected chi connectivity index (χ2v) is 10.2. The second kappa shape index (κ2) is 8.27. The van der Waals surface area contributed by atoms with Crippen LogP contribution in [0.15, 0.2) is 35.4 Å². The molecule has 182 valence electrons. The first-order valence-corrected chi connectivity index (χ1v) is 12.0. The third-order valence-corrected chi connectivity index (χ3v) is 7.65. The minimum atomic E-state index is -4.75. The fourth-order valence-corrected chi connectivity index (χ4v) is 5.20. The third-order valence-electron chi connectivity index (χ3n) is 6.12. The number of carbonyl (C=O) groups is 1. The molecule has 1 aliphatic carbocycles. The zero-order chi connectivity index (χ0) is 25.0. The molecule has 4 rings (SSSR count).